The Kier molecular flexibility index (Phi) is 7.39. The van der Waals surface area contributed by atoms with Crippen LogP contribution in [0.5, 0.6) is 5.75 Å². The van der Waals surface area contributed by atoms with E-state index in [1.807, 2.05) is 14.0 Å². The first-order valence-corrected chi connectivity index (χ1v) is 7.42. The third-order valence-corrected chi connectivity index (χ3v) is 3.04. The van der Waals surface area contributed by atoms with E-state index >= 15 is 0 Å². The Balaban J connectivity index is 2.90. The number of nitrogens with zero attached hydrogens (tertiary/aromatic N) is 1. The molecule has 1 aromatic carbocycles. The van der Waals surface area contributed by atoms with Gasteiger partial charge in [-0.2, -0.15) is 0 Å². The average molecular weight is 307 g/mol. The zero-order valence-corrected chi connectivity index (χ0v) is 13.7. The first-order valence-electron chi connectivity index (χ1n) is 7.42. The quantitative estimate of drug-likeness (QED) is 0.718. The van der Waals surface area contributed by atoms with Gasteiger partial charge < -0.3 is 20.3 Å². The van der Waals surface area contributed by atoms with Gasteiger partial charge in [0.15, 0.2) is 0 Å². The molecule has 0 saturated carbocycles. The summed E-state index contributed by atoms with van der Waals surface area (Å²) in [5.41, 5.74) is 1.04. The topological polar surface area (TPSA) is 70.7 Å². The molecule has 0 heterocycles. The molecule has 0 unspecified atom stereocenters. The third-order valence-electron chi connectivity index (χ3n) is 3.04. The minimum Gasteiger partial charge on any atom is -0.492 e. The van der Waals surface area contributed by atoms with E-state index in [0.717, 1.165) is 13.0 Å². The van der Waals surface area contributed by atoms with Crippen LogP contribution in [0.4, 0.5) is 5.69 Å². The molecule has 0 bridgehead atoms. The second-order valence-corrected chi connectivity index (χ2v) is 5.10. The molecule has 2 N–H and O–H groups in total. The Bertz CT molecular complexity index is 515. The van der Waals surface area contributed by atoms with Gasteiger partial charge in [0.2, 0.25) is 5.91 Å². The van der Waals surface area contributed by atoms with Gasteiger partial charge in [-0.25, -0.2) is 0 Å². The Morgan fingerprint density at radius 1 is 1.27 bits per heavy atom. The lowest BCUT2D eigenvalue weighted by Gasteiger charge is -2.15. The van der Waals surface area contributed by atoms with Crippen molar-refractivity contribution in [3.63, 3.8) is 0 Å². The first kappa shape index (κ1) is 18.0. The minimum atomic E-state index is -0.117. The molecule has 22 heavy (non-hydrogen) atoms. The zero-order chi connectivity index (χ0) is 16.5. The number of amides is 2. The molecular weight excluding hydrogens is 282 g/mol. The summed E-state index contributed by atoms with van der Waals surface area (Å²) < 4.78 is 5.51. The fourth-order valence-corrected chi connectivity index (χ4v) is 1.94. The van der Waals surface area contributed by atoms with Gasteiger partial charge >= 0.3 is 0 Å². The van der Waals surface area contributed by atoms with Crippen LogP contribution in [0.25, 0.3) is 0 Å². The Labute approximate surface area is 131 Å². The average Bonchev–Trinajstić information content (AvgIpc) is 2.48. The van der Waals surface area contributed by atoms with Gasteiger partial charge in [-0.15, -0.1) is 0 Å². The highest BCUT2D eigenvalue weighted by Gasteiger charge is 2.13. The maximum absolute atomic E-state index is 12.0. The summed E-state index contributed by atoms with van der Waals surface area (Å²) in [5.74, 6) is 0.360. The number of nitrogens with one attached hydrogen (secondary N) is 2. The van der Waals surface area contributed by atoms with E-state index in [2.05, 4.69) is 10.6 Å². The summed E-state index contributed by atoms with van der Waals surface area (Å²) in [7, 11) is 5.23. The van der Waals surface area contributed by atoms with E-state index in [0.29, 0.717) is 30.0 Å². The van der Waals surface area contributed by atoms with Gasteiger partial charge in [0.1, 0.15) is 5.75 Å². The second-order valence-electron chi connectivity index (χ2n) is 5.10. The van der Waals surface area contributed by atoms with Crippen molar-refractivity contribution in [1.29, 1.82) is 0 Å². The number of carbonyl (C=O) groups excluding carboxylic acids is 2. The summed E-state index contributed by atoms with van der Waals surface area (Å²) in [6.45, 7) is 3.14. The molecule has 0 aromatic heterocycles. The summed E-state index contributed by atoms with van der Waals surface area (Å²) in [5, 5.41) is 5.83. The van der Waals surface area contributed by atoms with Crippen LogP contribution in [0.1, 0.15) is 30.1 Å². The normalized spacial score (nSPS) is 10.2. The van der Waals surface area contributed by atoms with E-state index in [4.69, 9.17) is 4.74 Å². The standard InChI is InChI=1S/C16H25N3O3/c1-5-22-14-9-8-12(16(21)19(3)4)11-13(14)18-15(20)7-6-10-17-2/h8-9,11,17H,5-7,10H2,1-4H3,(H,18,20). The second kappa shape index (κ2) is 9.04. The molecule has 0 radical (unpaired) electrons. The van der Waals surface area contributed by atoms with Crippen molar-refractivity contribution in [3.05, 3.63) is 23.8 Å². The van der Waals surface area contributed by atoms with Crippen molar-refractivity contribution in [1.82, 2.24) is 10.2 Å². The van der Waals surface area contributed by atoms with Gasteiger partial charge in [-0.1, -0.05) is 0 Å². The molecule has 122 valence electrons. The lowest BCUT2D eigenvalue weighted by molar-refractivity contribution is -0.116. The number of hydrogen-bond acceptors (Lipinski definition) is 4. The number of rotatable bonds is 8. The molecule has 0 aliphatic rings. The number of hydrogen-bond donors (Lipinski definition) is 2. The molecular formula is C16H25N3O3. The van der Waals surface area contributed by atoms with Gasteiger partial charge in [0, 0.05) is 26.1 Å². The van der Waals surface area contributed by atoms with Crippen molar-refractivity contribution in [2.75, 3.05) is 39.6 Å². The van der Waals surface area contributed by atoms with Crippen molar-refractivity contribution in [3.8, 4) is 5.75 Å². The zero-order valence-electron chi connectivity index (χ0n) is 13.7. The van der Waals surface area contributed by atoms with Crippen LogP contribution in [0.3, 0.4) is 0 Å². The predicted molar refractivity (Wildman–Crippen MR) is 87.4 cm³/mol. The fraction of sp³-hybridized carbons (Fsp3) is 0.500. The molecule has 1 rings (SSSR count). The third kappa shape index (κ3) is 5.37. The van der Waals surface area contributed by atoms with Gasteiger partial charge in [0.05, 0.1) is 12.3 Å². The monoisotopic (exact) mass is 307 g/mol. The molecule has 0 aliphatic heterocycles. The molecule has 6 nitrogen and oxygen atoms in total. The highest BCUT2D eigenvalue weighted by molar-refractivity contribution is 5.98. The smallest absolute Gasteiger partial charge is 0.253 e. The van der Waals surface area contributed by atoms with Crippen LogP contribution in [-0.2, 0) is 4.79 Å². The van der Waals surface area contributed by atoms with Crippen molar-refractivity contribution in [2.45, 2.75) is 19.8 Å². The van der Waals surface area contributed by atoms with Gasteiger partial charge in [0.25, 0.3) is 5.91 Å². The van der Waals surface area contributed by atoms with Crippen molar-refractivity contribution >= 4 is 17.5 Å². The van der Waals surface area contributed by atoms with Crippen LogP contribution in [0.15, 0.2) is 18.2 Å². The Hall–Kier alpha value is -2.08. The first-order chi connectivity index (χ1) is 10.5. The molecule has 0 spiro atoms. The SMILES string of the molecule is CCOc1ccc(C(=O)N(C)C)cc1NC(=O)CCCNC. The van der Waals surface area contributed by atoms with E-state index in [-0.39, 0.29) is 11.8 Å². The van der Waals surface area contributed by atoms with Crippen LogP contribution < -0.4 is 15.4 Å². The predicted octanol–water partition coefficient (Wildman–Crippen LogP) is 1.73. The highest BCUT2D eigenvalue weighted by atomic mass is 16.5. The lowest BCUT2D eigenvalue weighted by Crippen LogP contribution is -2.22. The van der Waals surface area contributed by atoms with Crippen LogP contribution >= 0.6 is 0 Å². The molecule has 0 fully saturated rings. The van der Waals surface area contributed by atoms with Gasteiger partial charge in [-0.05, 0) is 45.1 Å². The van der Waals surface area contributed by atoms with Crippen LogP contribution in [0.2, 0.25) is 0 Å². The summed E-state index contributed by atoms with van der Waals surface area (Å²) >= 11 is 0. The number of carbonyl (C=O) groups is 2. The van der Waals surface area contributed by atoms with Crippen molar-refractivity contribution < 1.29 is 14.3 Å². The summed E-state index contributed by atoms with van der Waals surface area (Å²) in [4.78, 5) is 25.5. The number of ether oxygens (including phenoxy) is 1. The lowest BCUT2D eigenvalue weighted by atomic mass is 10.1. The minimum absolute atomic E-state index is 0.0920. The number of benzene rings is 1. The van der Waals surface area contributed by atoms with E-state index < -0.39 is 0 Å². The number of anilines is 1. The van der Waals surface area contributed by atoms with Crippen LogP contribution in [-0.4, -0.2) is 51.0 Å². The largest absolute Gasteiger partial charge is 0.492 e. The molecule has 6 heteroatoms. The molecule has 2 amide bonds. The molecule has 1 aromatic rings. The van der Waals surface area contributed by atoms with E-state index in [1.165, 1.54) is 4.90 Å². The van der Waals surface area contributed by atoms with E-state index in [1.54, 1.807) is 32.3 Å². The molecule has 0 atom stereocenters. The fourth-order valence-electron chi connectivity index (χ4n) is 1.94. The maximum Gasteiger partial charge on any atom is 0.253 e. The summed E-state index contributed by atoms with van der Waals surface area (Å²) in [6, 6.07) is 5.07. The Morgan fingerprint density at radius 2 is 2.00 bits per heavy atom. The van der Waals surface area contributed by atoms with Crippen molar-refractivity contribution in [2.24, 2.45) is 0 Å². The van der Waals surface area contributed by atoms with Gasteiger partial charge in [-0.3, -0.25) is 9.59 Å². The van der Waals surface area contributed by atoms with E-state index in [9.17, 15) is 9.59 Å². The maximum atomic E-state index is 12.0. The van der Waals surface area contributed by atoms with Crippen LogP contribution in [0, 0.1) is 0 Å². The Morgan fingerprint density at radius 3 is 2.59 bits per heavy atom. The summed E-state index contributed by atoms with van der Waals surface area (Å²) in [6.07, 6.45) is 1.17. The molecule has 0 aliphatic carbocycles. The highest BCUT2D eigenvalue weighted by Crippen LogP contribution is 2.26. The molecule has 0 saturated heterocycles.